The maximum atomic E-state index is 13.3. The monoisotopic (exact) mass is 390 g/mol. The van der Waals surface area contributed by atoms with Crippen LogP contribution < -0.4 is 10.9 Å². The van der Waals surface area contributed by atoms with Gasteiger partial charge in [-0.1, -0.05) is 12.1 Å². The van der Waals surface area contributed by atoms with Crippen LogP contribution in [0.1, 0.15) is 21.5 Å². The summed E-state index contributed by atoms with van der Waals surface area (Å²) in [6.45, 7) is 0.0675. The van der Waals surface area contributed by atoms with Crippen molar-refractivity contribution >= 4 is 11.6 Å². The number of alkyl halides is 3. The van der Waals surface area contributed by atoms with E-state index in [2.05, 4.69) is 5.32 Å². The smallest absolute Gasteiger partial charge is 0.322 e. The minimum Gasteiger partial charge on any atom is -0.322 e. The van der Waals surface area contributed by atoms with Crippen LogP contribution in [-0.4, -0.2) is 10.5 Å². The van der Waals surface area contributed by atoms with Gasteiger partial charge in [-0.3, -0.25) is 9.59 Å². The summed E-state index contributed by atoms with van der Waals surface area (Å²) in [5.41, 5.74) is -0.344. The van der Waals surface area contributed by atoms with Crippen molar-refractivity contribution in [2.24, 2.45) is 0 Å². The van der Waals surface area contributed by atoms with Gasteiger partial charge in [0.15, 0.2) is 0 Å². The molecular formula is C20H14F4N2O2. The number of aromatic nitrogens is 1. The van der Waals surface area contributed by atoms with Gasteiger partial charge in [0.1, 0.15) is 5.82 Å². The molecule has 0 aliphatic heterocycles. The summed E-state index contributed by atoms with van der Waals surface area (Å²) in [7, 11) is 0. The van der Waals surface area contributed by atoms with Crippen LogP contribution in [-0.2, 0) is 12.7 Å². The second-order valence-electron chi connectivity index (χ2n) is 6.04. The van der Waals surface area contributed by atoms with Crippen LogP contribution in [0, 0.1) is 5.82 Å². The van der Waals surface area contributed by atoms with Crippen molar-refractivity contribution in [3.8, 4) is 0 Å². The van der Waals surface area contributed by atoms with E-state index in [0.717, 1.165) is 24.3 Å². The van der Waals surface area contributed by atoms with Crippen LogP contribution in [0.15, 0.2) is 71.7 Å². The molecule has 0 saturated heterocycles. The molecule has 2 aromatic carbocycles. The fraction of sp³-hybridized carbons (Fsp3) is 0.100. The van der Waals surface area contributed by atoms with Gasteiger partial charge in [-0.25, -0.2) is 4.39 Å². The minimum atomic E-state index is -4.46. The fourth-order valence-corrected chi connectivity index (χ4v) is 2.57. The molecule has 0 aliphatic rings. The van der Waals surface area contributed by atoms with Crippen molar-refractivity contribution in [1.82, 2.24) is 4.57 Å². The van der Waals surface area contributed by atoms with E-state index >= 15 is 0 Å². The topological polar surface area (TPSA) is 51.1 Å². The Labute approximate surface area is 157 Å². The average molecular weight is 390 g/mol. The Morgan fingerprint density at radius 2 is 1.71 bits per heavy atom. The summed E-state index contributed by atoms with van der Waals surface area (Å²) >= 11 is 0. The second kappa shape index (κ2) is 7.67. The Morgan fingerprint density at radius 1 is 1.00 bits per heavy atom. The zero-order chi connectivity index (χ0) is 20.3. The molecule has 1 aromatic heterocycles. The highest BCUT2D eigenvalue weighted by Crippen LogP contribution is 2.29. The van der Waals surface area contributed by atoms with Crippen LogP contribution in [0.3, 0.4) is 0 Å². The molecule has 28 heavy (non-hydrogen) atoms. The Kier molecular flexibility index (Phi) is 5.30. The summed E-state index contributed by atoms with van der Waals surface area (Å²) < 4.78 is 52.3. The molecule has 8 heteroatoms. The number of pyridine rings is 1. The van der Waals surface area contributed by atoms with Gasteiger partial charge in [0.2, 0.25) is 0 Å². The van der Waals surface area contributed by atoms with E-state index < -0.39 is 23.5 Å². The number of carbonyl (C=O) groups is 1. The molecule has 0 spiro atoms. The molecule has 0 bridgehead atoms. The van der Waals surface area contributed by atoms with Gasteiger partial charge in [-0.2, -0.15) is 13.2 Å². The zero-order valence-corrected chi connectivity index (χ0v) is 14.3. The van der Waals surface area contributed by atoms with Crippen LogP contribution in [0.2, 0.25) is 0 Å². The lowest BCUT2D eigenvalue weighted by molar-refractivity contribution is -0.137. The summed E-state index contributed by atoms with van der Waals surface area (Å²) in [6.07, 6.45) is -3.15. The third kappa shape index (κ3) is 4.64. The number of nitrogens with one attached hydrogen (secondary N) is 1. The quantitative estimate of drug-likeness (QED) is 0.675. The predicted octanol–water partition coefficient (Wildman–Crippen LogP) is 4.31. The van der Waals surface area contributed by atoms with Crippen molar-refractivity contribution in [2.75, 3.05) is 5.32 Å². The Bertz CT molecular complexity index is 1060. The highest BCUT2D eigenvalue weighted by molar-refractivity contribution is 6.04. The highest BCUT2D eigenvalue weighted by Gasteiger charge is 2.30. The SMILES string of the molecule is O=C(Nc1ccc(C(F)(F)F)cc1)c1ccc(=O)n(Cc2cccc(F)c2)c1. The third-order valence-corrected chi connectivity index (χ3v) is 3.96. The summed E-state index contributed by atoms with van der Waals surface area (Å²) in [6, 6.07) is 12.2. The van der Waals surface area contributed by atoms with Crippen LogP contribution in [0.25, 0.3) is 0 Å². The average Bonchev–Trinajstić information content (AvgIpc) is 2.63. The molecule has 144 valence electrons. The van der Waals surface area contributed by atoms with Gasteiger partial charge >= 0.3 is 6.18 Å². The normalized spacial score (nSPS) is 11.3. The maximum absolute atomic E-state index is 13.3. The largest absolute Gasteiger partial charge is 0.416 e. The first-order valence-corrected chi connectivity index (χ1v) is 8.16. The van der Waals surface area contributed by atoms with Gasteiger partial charge in [0.05, 0.1) is 17.7 Å². The molecule has 4 nitrogen and oxygen atoms in total. The predicted molar refractivity (Wildman–Crippen MR) is 95.6 cm³/mol. The maximum Gasteiger partial charge on any atom is 0.416 e. The van der Waals surface area contributed by atoms with E-state index in [1.54, 1.807) is 6.07 Å². The van der Waals surface area contributed by atoms with Crippen molar-refractivity contribution < 1.29 is 22.4 Å². The van der Waals surface area contributed by atoms with Gasteiger partial charge in [-0.05, 0) is 48.0 Å². The van der Waals surface area contributed by atoms with Gasteiger partial charge < -0.3 is 9.88 Å². The van der Waals surface area contributed by atoms with E-state index in [1.807, 2.05) is 0 Å². The summed E-state index contributed by atoms with van der Waals surface area (Å²) in [4.78, 5) is 24.4. The second-order valence-corrected chi connectivity index (χ2v) is 6.04. The first-order valence-electron chi connectivity index (χ1n) is 8.16. The first-order chi connectivity index (χ1) is 13.2. The number of anilines is 1. The standard InChI is InChI=1S/C20H14F4N2O2/c21-16-3-1-2-13(10-16)11-26-12-14(4-9-18(26)27)19(28)25-17-7-5-15(6-8-17)20(22,23)24/h1-10,12H,11H2,(H,25,28). The van der Waals surface area contributed by atoms with Crippen LogP contribution in [0.4, 0.5) is 23.2 Å². The highest BCUT2D eigenvalue weighted by atomic mass is 19.4. The van der Waals surface area contributed by atoms with E-state index in [-0.39, 0.29) is 23.4 Å². The van der Waals surface area contributed by atoms with Crippen LogP contribution in [0.5, 0.6) is 0 Å². The number of nitrogens with zero attached hydrogens (tertiary/aromatic N) is 1. The number of carbonyl (C=O) groups excluding carboxylic acids is 1. The number of hydrogen-bond acceptors (Lipinski definition) is 2. The van der Waals surface area contributed by atoms with E-state index in [4.69, 9.17) is 0 Å². The van der Waals surface area contributed by atoms with E-state index in [9.17, 15) is 27.2 Å². The molecule has 0 aliphatic carbocycles. The lowest BCUT2D eigenvalue weighted by atomic mass is 10.2. The number of rotatable bonds is 4. The number of hydrogen-bond donors (Lipinski definition) is 1. The van der Waals surface area contributed by atoms with Crippen molar-refractivity contribution in [3.05, 3.63) is 99.7 Å². The number of benzene rings is 2. The molecule has 1 heterocycles. The minimum absolute atomic E-state index is 0.0675. The molecular weight excluding hydrogens is 376 g/mol. The lowest BCUT2D eigenvalue weighted by Gasteiger charge is -2.10. The molecule has 0 radical (unpaired) electrons. The Balaban J connectivity index is 1.78. The van der Waals surface area contributed by atoms with E-state index in [1.165, 1.54) is 41.1 Å². The molecule has 0 atom stereocenters. The van der Waals surface area contributed by atoms with Gasteiger partial charge in [0, 0.05) is 18.0 Å². The Morgan fingerprint density at radius 3 is 2.36 bits per heavy atom. The van der Waals surface area contributed by atoms with E-state index in [0.29, 0.717) is 5.56 Å². The van der Waals surface area contributed by atoms with Crippen molar-refractivity contribution in [1.29, 1.82) is 0 Å². The van der Waals surface area contributed by atoms with Crippen molar-refractivity contribution in [3.63, 3.8) is 0 Å². The van der Waals surface area contributed by atoms with Gasteiger partial charge in [0.25, 0.3) is 11.5 Å². The molecule has 0 unspecified atom stereocenters. The molecule has 1 amide bonds. The molecule has 0 fully saturated rings. The summed E-state index contributed by atoms with van der Waals surface area (Å²) in [5.74, 6) is -1.03. The van der Waals surface area contributed by atoms with Gasteiger partial charge in [-0.15, -0.1) is 0 Å². The van der Waals surface area contributed by atoms with Crippen LogP contribution >= 0.6 is 0 Å². The number of amides is 1. The first kappa shape index (κ1) is 19.3. The zero-order valence-electron chi connectivity index (χ0n) is 14.3. The molecule has 0 saturated carbocycles. The Hall–Kier alpha value is -3.42. The van der Waals surface area contributed by atoms with Crippen molar-refractivity contribution in [2.45, 2.75) is 12.7 Å². The lowest BCUT2D eigenvalue weighted by Crippen LogP contribution is -2.22. The third-order valence-electron chi connectivity index (χ3n) is 3.96. The molecule has 3 aromatic rings. The summed E-state index contributed by atoms with van der Waals surface area (Å²) in [5, 5.41) is 2.47. The number of halogens is 4. The molecule has 3 rings (SSSR count). The fourth-order valence-electron chi connectivity index (χ4n) is 2.57. The molecule has 1 N–H and O–H groups in total.